The van der Waals surface area contributed by atoms with E-state index < -0.39 is 5.97 Å². The average molecular weight is 238 g/mol. The summed E-state index contributed by atoms with van der Waals surface area (Å²) in [6, 6.07) is 3.16. The van der Waals surface area contributed by atoms with Gasteiger partial charge in [0.05, 0.1) is 12.4 Å². The van der Waals surface area contributed by atoms with Crippen LogP contribution in [-0.2, 0) is 6.54 Å². The molecule has 0 aliphatic rings. The fourth-order valence-corrected chi connectivity index (χ4v) is 1.89. The smallest absolute Gasteiger partial charge is 0.345 e. The summed E-state index contributed by atoms with van der Waals surface area (Å²) < 4.78 is 7.20. The summed E-state index contributed by atoms with van der Waals surface area (Å²) in [6.45, 7) is 2.75. The zero-order valence-electron chi connectivity index (χ0n) is 8.58. The second kappa shape index (κ2) is 4.36. The number of aryl methyl sites for hydroxylation is 1. The van der Waals surface area contributed by atoms with Crippen molar-refractivity contribution in [3.8, 4) is 10.8 Å². The van der Waals surface area contributed by atoms with Crippen molar-refractivity contribution in [3.05, 3.63) is 29.4 Å². The van der Waals surface area contributed by atoms with Gasteiger partial charge in [0.25, 0.3) is 0 Å². The monoisotopic (exact) mass is 238 g/mol. The van der Waals surface area contributed by atoms with Gasteiger partial charge in [-0.2, -0.15) is 5.10 Å². The van der Waals surface area contributed by atoms with Crippen molar-refractivity contribution in [3.63, 3.8) is 0 Å². The first-order chi connectivity index (χ1) is 7.69. The molecule has 0 radical (unpaired) electrons. The molecule has 0 atom stereocenters. The van der Waals surface area contributed by atoms with Crippen LogP contribution in [0.3, 0.4) is 0 Å². The summed E-state index contributed by atoms with van der Waals surface area (Å²) in [6.07, 6.45) is 3.36. The molecule has 1 N–H and O–H groups in total. The molecular weight excluding hydrogens is 228 g/mol. The van der Waals surface area contributed by atoms with Gasteiger partial charge in [0, 0.05) is 6.54 Å². The van der Waals surface area contributed by atoms with Crippen LogP contribution < -0.4 is 4.74 Å². The lowest BCUT2D eigenvalue weighted by atomic mass is 10.5. The number of rotatable bonds is 4. The third kappa shape index (κ3) is 2.22. The highest BCUT2D eigenvalue weighted by molar-refractivity contribution is 7.15. The van der Waals surface area contributed by atoms with Gasteiger partial charge >= 0.3 is 5.97 Å². The number of carboxylic acid groups (broad SMARTS) is 1. The lowest BCUT2D eigenvalue weighted by Gasteiger charge is -1.96. The molecule has 2 heterocycles. The maximum Gasteiger partial charge on any atom is 0.345 e. The zero-order valence-corrected chi connectivity index (χ0v) is 9.40. The fourth-order valence-electron chi connectivity index (χ4n) is 1.18. The quantitative estimate of drug-likeness (QED) is 0.888. The van der Waals surface area contributed by atoms with Gasteiger partial charge in [0.2, 0.25) is 0 Å². The van der Waals surface area contributed by atoms with Crippen LogP contribution in [0.4, 0.5) is 0 Å². The lowest BCUT2D eigenvalue weighted by molar-refractivity contribution is 0.0702. The number of carboxylic acids is 1. The van der Waals surface area contributed by atoms with Crippen molar-refractivity contribution in [1.29, 1.82) is 0 Å². The van der Waals surface area contributed by atoms with E-state index in [1.54, 1.807) is 23.1 Å². The first-order valence-corrected chi connectivity index (χ1v) is 5.54. The Hall–Kier alpha value is -1.82. The summed E-state index contributed by atoms with van der Waals surface area (Å²) in [4.78, 5) is 10.9. The van der Waals surface area contributed by atoms with Crippen molar-refractivity contribution < 1.29 is 14.6 Å². The number of hydrogen-bond acceptors (Lipinski definition) is 4. The summed E-state index contributed by atoms with van der Waals surface area (Å²) in [5, 5.41) is 13.3. The average Bonchev–Trinajstić information content (AvgIpc) is 2.87. The van der Waals surface area contributed by atoms with Crippen molar-refractivity contribution >= 4 is 17.3 Å². The molecule has 0 aliphatic carbocycles. The van der Waals surface area contributed by atoms with Crippen LogP contribution in [0.5, 0.6) is 10.8 Å². The predicted molar refractivity (Wildman–Crippen MR) is 59.3 cm³/mol. The Labute approximate surface area is 95.9 Å². The Bertz CT molecular complexity index is 504. The fraction of sp³-hybridized carbons (Fsp3) is 0.200. The molecule has 0 saturated heterocycles. The van der Waals surface area contributed by atoms with E-state index in [0.29, 0.717) is 10.8 Å². The van der Waals surface area contributed by atoms with E-state index in [4.69, 9.17) is 9.84 Å². The number of hydrogen-bond donors (Lipinski definition) is 1. The molecule has 0 spiro atoms. The molecule has 5 nitrogen and oxygen atoms in total. The summed E-state index contributed by atoms with van der Waals surface area (Å²) in [7, 11) is 0. The van der Waals surface area contributed by atoms with Crippen LogP contribution in [0.25, 0.3) is 0 Å². The standard InChI is InChI=1S/C10H10N2O3S/c1-2-12-6-7(5-11-12)15-9-4-3-8(16-9)10(13)14/h3-6H,2H2,1H3,(H,13,14). The van der Waals surface area contributed by atoms with Crippen molar-refractivity contribution in [2.45, 2.75) is 13.5 Å². The van der Waals surface area contributed by atoms with Crippen molar-refractivity contribution in [1.82, 2.24) is 9.78 Å². The van der Waals surface area contributed by atoms with Gasteiger partial charge in [-0.25, -0.2) is 4.79 Å². The minimum absolute atomic E-state index is 0.262. The molecule has 2 rings (SSSR count). The molecule has 0 aromatic carbocycles. The third-order valence-corrected chi connectivity index (χ3v) is 2.90. The van der Waals surface area contributed by atoms with Crippen LogP contribution in [0.1, 0.15) is 16.6 Å². The molecule has 2 aromatic heterocycles. The Balaban J connectivity index is 2.11. The van der Waals surface area contributed by atoms with Gasteiger partial charge in [-0.1, -0.05) is 11.3 Å². The van der Waals surface area contributed by atoms with Crippen LogP contribution in [0.2, 0.25) is 0 Å². The molecule has 0 fully saturated rings. The molecule has 0 bridgehead atoms. The first-order valence-electron chi connectivity index (χ1n) is 4.72. The number of aromatic carboxylic acids is 1. The minimum Gasteiger partial charge on any atom is -0.477 e. The number of ether oxygens (including phenoxy) is 1. The van der Waals surface area contributed by atoms with E-state index in [1.165, 1.54) is 6.07 Å². The lowest BCUT2D eigenvalue weighted by Crippen LogP contribution is -1.91. The molecule has 6 heteroatoms. The van der Waals surface area contributed by atoms with Gasteiger partial charge in [-0.15, -0.1) is 0 Å². The molecule has 0 aliphatic heterocycles. The Kier molecular flexibility index (Phi) is 2.91. The predicted octanol–water partition coefficient (Wildman–Crippen LogP) is 2.46. The van der Waals surface area contributed by atoms with Gasteiger partial charge < -0.3 is 9.84 Å². The molecular formula is C10H10N2O3S. The summed E-state index contributed by atoms with van der Waals surface area (Å²) in [5.41, 5.74) is 0. The zero-order chi connectivity index (χ0) is 11.5. The summed E-state index contributed by atoms with van der Waals surface area (Å²) in [5.74, 6) is -0.329. The highest BCUT2D eigenvalue weighted by Gasteiger charge is 2.08. The molecule has 16 heavy (non-hydrogen) atoms. The van der Waals surface area contributed by atoms with Crippen molar-refractivity contribution in [2.24, 2.45) is 0 Å². The largest absolute Gasteiger partial charge is 0.477 e. The minimum atomic E-state index is -0.941. The normalized spacial score (nSPS) is 10.3. The van der Waals surface area contributed by atoms with E-state index >= 15 is 0 Å². The molecule has 84 valence electrons. The highest BCUT2D eigenvalue weighted by atomic mass is 32.1. The number of nitrogens with zero attached hydrogens (tertiary/aromatic N) is 2. The Morgan fingerprint density at radius 3 is 3.00 bits per heavy atom. The SMILES string of the molecule is CCn1cc(Oc2ccc(C(=O)O)s2)cn1. The highest BCUT2D eigenvalue weighted by Crippen LogP contribution is 2.29. The second-order valence-corrected chi connectivity index (χ2v) is 4.10. The summed E-state index contributed by atoms with van der Waals surface area (Å²) >= 11 is 1.09. The number of aromatic nitrogens is 2. The molecule has 0 amide bonds. The van der Waals surface area contributed by atoms with Gasteiger partial charge in [-0.3, -0.25) is 4.68 Å². The third-order valence-electron chi connectivity index (χ3n) is 1.94. The van der Waals surface area contributed by atoms with Crippen LogP contribution >= 0.6 is 11.3 Å². The second-order valence-electron chi connectivity index (χ2n) is 3.06. The maximum absolute atomic E-state index is 10.7. The topological polar surface area (TPSA) is 64.3 Å². The Morgan fingerprint density at radius 1 is 1.62 bits per heavy atom. The number of thiophene rings is 1. The van der Waals surface area contributed by atoms with E-state index in [2.05, 4.69) is 5.10 Å². The van der Waals surface area contributed by atoms with Gasteiger partial charge in [0.1, 0.15) is 4.88 Å². The van der Waals surface area contributed by atoms with Gasteiger partial charge in [-0.05, 0) is 19.1 Å². The van der Waals surface area contributed by atoms with Gasteiger partial charge in [0.15, 0.2) is 10.8 Å². The van der Waals surface area contributed by atoms with Crippen LogP contribution in [0, 0.1) is 0 Å². The molecule has 2 aromatic rings. The maximum atomic E-state index is 10.7. The Morgan fingerprint density at radius 2 is 2.44 bits per heavy atom. The molecule has 0 saturated carbocycles. The molecule has 0 unspecified atom stereocenters. The van der Waals surface area contributed by atoms with Crippen molar-refractivity contribution in [2.75, 3.05) is 0 Å². The van der Waals surface area contributed by atoms with E-state index in [1.807, 2.05) is 6.92 Å². The van der Waals surface area contributed by atoms with E-state index in [0.717, 1.165) is 17.9 Å². The van der Waals surface area contributed by atoms with Crippen LogP contribution in [0.15, 0.2) is 24.5 Å². The van der Waals surface area contributed by atoms with Crippen LogP contribution in [-0.4, -0.2) is 20.9 Å². The first kappa shape index (κ1) is 10.7. The number of carbonyl (C=O) groups is 1. The van der Waals surface area contributed by atoms with E-state index in [9.17, 15) is 4.79 Å². The van der Waals surface area contributed by atoms with E-state index in [-0.39, 0.29) is 4.88 Å².